The monoisotopic (exact) mass is 406 g/mol. The summed E-state index contributed by atoms with van der Waals surface area (Å²) in [7, 11) is 0. The first-order chi connectivity index (χ1) is 14.8. The topological polar surface area (TPSA) is 99.3 Å². The Balaban J connectivity index is 1.49. The Morgan fingerprint density at radius 3 is 2.63 bits per heavy atom. The molecule has 3 aromatic heterocycles. The molecule has 1 aliphatic carbocycles. The van der Waals surface area contributed by atoms with E-state index in [2.05, 4.69) is 19.9 Å². The van der Waals surface area contributed by atoms with Gasteiger partial charge in [-0.3, -0.25) is 0 Å². The molecule has 0 radical (unpaired) electrons. The van der Waals surface area contributed by atoms with Crippen LogP contribution in [-0.2, 0) is 4.74 Å². The van der Waals surface area contributed by atoms with Crippen LogP contribution in [-0.4, -0.2) is 52.3 Å². The van der Waals surface area contributed by atoms with Crippen molar-refractivity contribution in [1.29, 1.82) is 0 Å². The third-order valence-corrected chi connectivity index (χ3v) is 5.82. The minimum atomic E-state index is 0.193. The van der Waals surface area contributed by atoms with Crippen molar-refractivity contribution in [2.24, 2.45) is 0 Å². The molecule has 0 bridgehead atoms. The summed E-state index contributed by atoms with van der Waals surface area (Å²) in [6.07, 6.45) is 9.27. The lowest BCUT2D eigenvalue weighted by atomic mass is 9.98. The smallest absolute Gasteiger partial charge is 0.169 e. The zero-order valence-electron chi connectivity index (χ0n) is 17.0. The van der Waals surface area contributed by atoms with Crippen LogP contribution in [0.5, 0.6) is 5.75 Å². The van der Waals surface area contributed by atoms with Gasteiger partial charge in [-0.05, 0) is 37.8 Å². The second-order valence-corrected chi connectivity index (χ2v) is 7.85. The van der Waals surface area contributed by atoms with Crippen molar-refractivity contribution in [3.8, 4) is 17.0 Å². The summed E-state index contributed by atoms with van der Waals surface area (Å²) in [5.74, 6) is 2.05. The number of nitrogens with two attached hydrogens (primary N) is 1. The minimum Gasteiger partial charge on any atom is -0.489 e. The third-order valence-electron chi connectivity index (χ3n) is 5.82. The van der Waals surface area contributed by atoms with Crippen molar-refractivity contribution < 1.29 is 9.47 Å². The molecule has 2 fully saturated rings. The molecule has 8 heteroatoms. The van der Waals surface area contributed by atoms with E-state index in [1.807, 2.05) is 24.4 Å². The predicted molar refractivity (Wildman–Crippen MR) is 116 cm³/mol. The average Bonchev–Trinajstić information content (AvgIpc) is 2.80. The Kier molecular flexibility index (Phi) is 5.31. The van der Waals surface area contributed by atoms with Gasteiger partial charge in [-0.1, -0.05) is 6.42 Å². The predicted octanol–water partition coefficient (Wildman–Crippen LogP) is 3.22. The van der Waals surface area contributed by atoms with Crippen molar-refractivity contribution >= 4 is 22.7 Å². The van der Waals surface area contributed by atoms with E-state index in [1.54, 1.807) is 0 Å². The Labute approximate surface area is 175 Å². The van der Waals surface area contributed by atoms with Crippen molar-refractivity contribution in [3.63, 3.8) is 0 Å². The van der Waals surface area contributed by atoms with Crippen LogP contribution in [0.25, 0.3) is 22.3 Å². The van der Waals surface area contributed by atoms with E-state index in [0.717, 1.165) is 56.2 Å². The lowest BCUT2D eigenvalue weighted by molar-refractivity contribution is 0.122. The molecule has 2 N–H and O–H groups in total. The molecule has 30 heavy (non-hydrogen) atoms. The van der Waals surface area contributed by atoms with Gasteiger partial charge in [-0.15, -0.1) is 0 Å². The van der Waals surface area contributed by atoms with Gasteiger partial charge in [-0.25, -0.2) is 19.9 Å². The molecule has 0 atom stereocenters. The number of nitrogens with zero attached hydrogens (tertiary/aromatic N) is 5. The van der Waals surface area contributed by atoms with Gasteiger partial charge in [0.1, 0.15) is 29.1 Å². The van der Waals surface area contributed by atoms with Crippen LogP contribution in [0, 0.1) is 0 Å². The Morgan fingerprint density at radius 1 is 1.03 bits per heavy atom. The molecular formula is C22H26N6O2. The van der Waals surface area contributed by atoms with E-state index in [1.165, 1.54) is 25.6 Å². The summed E-state index contributed by atoms with van der Waals surface area (Å²) in [6, 6.07) is 6.02. The van der Waals surface area contributed by atoms with Crippen molar-refractivity contribution in [2.45, 2.75) is 38.2 Å². The maximum Gasteiger partial charge on any atom is 0.169 e. The normalized spacial score (nSPS) is 17.9. The first-order valence-corrected chi connectivity index (χ1v) is 10.6. The molecular weight excluding hydrogens is 380 g/mol. The Morgan fingerprint density at radius 2 is 1.87 bits per heavy atom. The molecule has 5 rings (SSSR count). The second kappa shape index (κ2) is 8.39. The van der Waals surface area contributed by atoms with Crippen LogP contribution >= 0.6 is 0 Å². The number of anilines is 2. The van der Waals surface area contributed by atoms with E-state index < -0.39 is 0 Å². The van der Waals surface area contributed by atoms with Crippen molar-refractivity contribution in [1.82, 2.24) is 19.9 Å². The Bertz CT molecular complexity index is 1010. The fourth-order valence-electron chi connectivity index (χ4n) is 4.17. The van der Waals surface area contributed by atoms with E-state index in [9.17, 15) is 0 Å². The number of hydrogen-bond donors (Lipinski definition) is 1. The van der Waals surface area contributed by atoms with Crippen molar-refractivity contribution in [3.05, 3.63) is 30.7 Å². The van der Waals surface area contributed by atoms with Crippen LogP contribution < -0.4 is 15.4 Å². The molecule has 0 aromatic carbocycles. The lowest BCUT2D eigenvalue weighted by Crippen LogP contribution is -2.36. The minimum absolute atomic E-state index is 0.193. The van der Waals surface area contributed by atoms with Gasteiger partial charge in [0.2, 0.25) is 0 Å². The standard InChI is InChI=1S/C22H26N6O2/c23-21-20-18(30-16-4-2-1-3-5-16)12-17(27-22(20)26-14-25-21)15-6-7-19(24-13-15)28-8-10-29-11-9-28/h6-7,12-14,16H,1-5,8-11H2,(H2,23,25,26,27). The summed E-state index contributed by atoms with van der Waals surface area (Å²) in [5, 5.41) is 0.685. The average molecular weight is 406 g/mol. The maximum atomic E-state index is 6.39. The highest BCUT2D eigenvalue weighted by Gasteiger charge is 2.20. The molecule has 1 saturated heterocycles. The number of rotatable bonds is 4. The highest BCUT2D eigenvalue weighted by Crippen LogP contribution is 2.34. The summed E-state index contributed by atoms with van der Waals surface area (Å²) in [4.78, 5) is 20.1. The van der Waals surface area contributed by atoms with Gasteiger partial charge in [0, 0.05) is 30.9 Å². The van der Waals surface area contributed by atoms with E-state index in [4.69, 9.17) is 20.2 Å². The highest BCUT2D eigenvalue weighted by molar-refractivity contribution is 5.93. The summed E-state index contributed by atoms with van der Waals surface area (Å²) in [6.45, 7) is 3.18. The molecule has 0 spiro atoms. The molecule has 0 unspecified atom stereocenters. The number of pyridine rings is 2. The van der Waals surface area contributed by atoms with Crippen LogP contribution in [0.2, 0.25) is 0 Å². The summed E-state index contributed by atoms with van der Waals surface area (Å²) < 4.78 is 11.8. The number of hydrogen-bond acceptors (Lipinski definition) is 8. The lowest BCUT2D eigenvalue weighted by Gasteiger charge is -2.27. The number of fused-ring (bicyclic) bond motifs is 1. The number of nitrogen functional groups attached to an aromatic ring is 1. The fraction of sp³-hybridized carbons (Fsp3) is 0.455. The first kappa shape index (κ1) is 19.0. The second-order valence-electron chi connectivity index (χ2n) is 7.85. The van der Waals surface area contributed by atoms with Crippen molar-refractivity contribution in [2.75, 3.05) is 36.9 Å². The fourth-order valence-corrected chi connectivity index (χ4v) is 4.17. The van der Waals surface area contributed by atoms with Gasteiger partial charge in [0.15, 0.2) is 5.65 Å². The number of ether oxygens (including phenoxy) is 2. The number of aromatic nitrogens is 4. The Hall–Kier alpha value is -3.00. The van der Waals surface area contributed by atoms with Gasteiger partial charge in [-0.2, -0.15) is 0 Å². The zero-order chi connectivity index (χ0) is 20.3. The maximum absolute atomic E-state index is 6.39. The molecule has 1 aliphatic heterocycles. The van der Waals surface area contributed by atoms with Gasteiger partial charge < -0.3 is 20.1 Å². The molecule has 156 valence electrons. The van der Waals surface area contributed by atoms with Crippen LogP contribution in [0.4, 0.5) is 11.6 Å². The molecule has 3 aromatic rings. The molecule has 4 heterocycles. The molecule has 1 saturated carbocycles. The summed E-state index contributed by atoms with van der Waals surface area (Å²) >= 11 is 0. The van der Waals surface area contributed by atoms with E-state index >= 15 is 0 Å². The van der Waals surface area contributed by atoms with Gasteiger partial charge in [0.25, 0.3) is 0 Å². The first-order valence-electron chi connectivity index (χ1n) is 10.6. The zero-order valence-corrected chi connectivity index (χ0v) is 17.0. The summed E-state index contributed by atoms with van der Waals surface area (Å²) in [5.41, 5.74) is 8.39. The molecule has 2 aliphatic rings. The molecule has 0 amide bonds. The van der Waals surface area contributed by atoms with Gasteiger partial charge in [0.05, 0.1) is 25.0 Å². The quantitative estimate of drug-likeness (QED) is 0.705. The third kappa shape index (κ3) is 3.87. The molecule has 8 nitrogen and oxygen atoms in total. The van der Waals surface area contributed by atoms with Gasteiger partial charge >= 0.3 is 0 Å². The van der Waals surface area contributed by atoms with Crippen LogP contribution in [0.1, 0.15) is 32.1 Å². The van der Waals surface area contributed by atoms with Crippen LogP contribution in [0.15, 0.2) is 30.7 Å². The largest absolute Gasteiger partial charge is 0.489 e. The number of morpholine rings is 1. The van der Waals surface area contributed by atoms with Crippen LogP contribution in [0.3, 0.4) is 0 Å². The van der Waals surface area contributed by atoms with E-state index in [-0.39, 0.29) is 6.10 Å². The van der Waals surface area contributed by atoms with E-state index in [0.29, 0.717) is 22.6 Å². The SMILES string of the molecule is Nc1ncnc2nc(-c3ccc(N4CCOCC4)nc3)cc(OC3CCCCC3)c12. The highest BCUT2D eigenvalue weighted by atomic mass is 16.5.